The summed E-state index contributed by atoms with van der Waals surface area (Å²) in [5.41, 5.74) is 3.27. The maximum atomic E-state index is 11.8. The minimum absolute atomic E-state index is 0.375. The van der Waals surface area contributed by atoms with E-state index in [1.54, 1.807) is 30.3 Å². The van der Waals surface area contributed by atoms with Crippen molar-refractivity contribution in [3.63, 3.8) is 0 Å². The third kappa shape index (κ3) is 4.03. The van der Waals surface area contributed by atoms with Gasteiger partial charge in [-0.25, -0.2) is 4.79 Å². The molecular weight excluding hydrogens is 287 g/mol. The summed E-state index contributed by atoms with van der Waals surface area (Å²) in [5.74, 6) is -0.0540. The van der Waals surface area contributed by atoms with Crippen LogP contribution in [0.2, 0.25) is 0 Å². The molecule has 0 bridgehead atoms. The molecule has 0 aliphatic rings. The first-order valence-electron chi connectivity index (χ1n) is 6.49. The largest absolute Gasteiger partial charge is 0.462 e. The van der Waals surface area contributed by atoms with Gasteiger partial charge in [0.05, 0.1) is 5.56 Å². The Morgan fingerprint density at radius 1 is 1.05 bits per heavy atom. The van der Waals surface area contributed by atoms with E-state index in [1.807, 2.05) is 32.9 Å². The Balaban J connectivity index is 2.06. The smallest absolute Gasteiger partial charge is 0.417 e. The molecule has 110 valence electrons. The first kappa shape index (κ1) is 15.5. The molecule has 0 aliphatic carbocycles. The van der Waals surface area contributed by atoms with Gasteiger partial charge in [-0.15, -0.1) is 0 Å². The number of aryl methyl sites for hydroxylation is 3. The van der Waals surface area contributed by atoms with Crippen molar-refractivity contribution in [3.05, 3.63) is 64.7 Å². The molecule has 1 unspecified atom stereocenters. The molecule has 1 N–H and O–H groups in total. The first-order valence-corrected chi connectivity index (χ1v) is 7.62. The van der Waals surface area contributed by atoms with Crippen LogP contribution in [-0.4, -0.2) is 10.9 Å². The molecule has 1 atom stereocenters. The van der Waals surface area contributed by atoms with Crippen LogP contribution in [0.4, 0.5) is 0 Å². The zero-order valence-electron chi connectivity index (χ0n) is 12.2. The highest BCUT2D eigenvalue weighted by Gasteiger charge is 2.19. The lowest BCUT2D eigenvalue weighted by molar-refractivity contribution is 0.0717. The predicted octanol–water partition coefficient (Wildman–Crippen LogP) is 4.07. The summed E-state index contributed by atoms with van der Waals surface area (Å²) < 4.78 is 10.3. The first-order chi connectivity index (χ1) is 9.97. The van der Waals surface area contributed by atoms with Crippen LogP contribution in [-0.2, 0) is 4.52 Å². The Bertz CT molecular complexity index is 617. The Labute approximate surface area is 125 Å². The van der Waals surface area contributed by atoms with Gasteiger partial charge in [-0.05, 0) is 44.0 Å². The lowest BCUT2D eigenvalue weighted by atomic mass is 10.1. The second kappa shape index (κ2) is 6.70. The highest BCUT2D eigenvalue weighted by Crippen LogP contribution is 2.39. The molecule has 5 heteroatoms. The maximum absolute atomic E-state index is 11.8. The van der Waals surface area contributed by atoms with Crippen molar-refractivity contribution in [2.45, 2.75) is 20.8 Å². The molecule has 0 saturated carbocycles. The van der Waals surface area contributed by atoms with Crippen LogP contribution in [0.25, 0.3) is 0 Å². The van der Waals surface area contributed by atoms with Gasteiger partial charge in [-0.3, -0.25) is 0 Å². The lowest BCUT2D eigenvalue weighted by Gasteiger charge is -2.15. The van der Waals surface area contributed by atoms with Crippen LogP contribution >= 0.6 is 8.60 Å². The monoisotopic (exact) mass is 304 g/mol. The molecule has 0 spiro atoms. The normalized spacial score (nSPS) is 11.8. The third-order valence-electron chi connectivity index (χ3n) is 2.94. The Hall–Kier alpha value is -1.90. The van der Waals surface area contributed by atoms with Crippen molar-refractivity contribution >= 4 is 14.6 Å². The van der Waals surface area contributed by atoms with Crippen molar-refractivity contribution in [1.29, 1.82) is 0 Å². The molecule has 0 aliphatic heterocycles. The Kier molecular flexibility index (Phi) is 4.94. The van der Waals surface area contributed by atoms with E-state index in [9.17, 15) is 9.69 Å². The number of hydrogen-bond acceptors (Lipinski definition) is 4. The minimum atomic E-state index is -2.31. The predicted molar refractivity (Wildman–Crippen MR) is 82.3 cm³/mol. The van der Waals surface area contributed by atoms with E-state index in [-0.39, 0.29) is 0 Å². The Morgan fingerprint density at radius 2 is 1.62 bits per heavy atom. The van der Waals surface area contributed by atoms with Gasteiger partial charge in [0.25, 0.3) is 0 Å². The van der Waals surface area contributed by atoms with Gasteiger partial charge in [0.2, 0.25) is 0 Å². The van der Waals surface area contributed by atoms with Crippen LogP contribution in [0, 0.1) is 20.8 Å². The quantitative estimate of drug-likeness (QED) is 0.865. The number of hydrogen-bond donors (Lipinski definition) is 1. The molecule has 0 radical (unpaired) electrons. The van der Waals surface area contributed by atoms with E-state index >= 15 is 0 Å². The zero-order chi connectivity index (χ0) is 15.4. The average molecular weight is 304 g/mol. The fourth-order valence-electron chi connectivity index (χ4n) is 2.11. The molecule has 0 saturated heterocycles. The number of carbonyl (C=O) groups excluding carboxylic acids is 1. The molecule has 2 aromatic carbocycles. The topological polar surface area (TPSA) is 55.8 Å². The van der Waals surface area contributed by atoms with Crippen LogP contribution < -0.4 is 4.52 Å². The molecule has 21 heavy (non-hydrogen) atoms. The highest BCUT2D eigenvalue weighted by molar-refractivity contribution is 7.41. The lowest BCUT2D eigenvalue weighted by Crippen LogP contribution is -2.04. The summed E-state index contributed by atoms with van der Waals surface area (Å²) in [6, 6.07) is 12.4. The van der Waals surface area contributed by atoms with E-state index in [4.69, 9.17) is 9.05 Å². The van der Waals surface area contributed by atoms with E-state index in [0.717, 1.165) is 16.7 Å². The van der Waals surface area contributed by atoms with Crippen LogP contribution in [0.15, 0.2) is 42.5 Å². The van der Waals surface area contributed by atoms with E-state index in [2.05, 4.69) is 0 Å². The van der Waals surface area contributed by atoms with E-state index in [0.29, 0.717) is 11.3 Å². The van der Waals surface area contributed by atoms with Gasteiger partial charge in [0, 0.05) is 0 Å². The van der Waals surface area contributed by atoms with Crippen LogP contribution in [0.5, 0.6) is 5.75 Å². The Morgan fingerprint density at radius 3 is 2.19 bits per heavy atom. The average Bonchev–Trinajstić information content (AvgIpc) is 2.43. The summed E-state index contributed by atoms with van der Waals surface area (Å²) in [4.78, 5) is 21.7. The second-order valence-corrected chi connectivity index (χ2v) is 5.64. The summed E-state index contributed by atoms with van der Waals surface area (Å²) in [6.45, 7) is 5.76. The van der Waals surface area contributed by atoms with Gasteiger partial charge < -0.3 is 13.9 Å². The molecule has 0 aromatic heterocycles. The van der Waals surface area contributed by atoms with Crippen LogP contribution in [0.3, 0.4) is 0 Å². The number of rotatable bonds is 4. The molecule has 4 nitrogen and oxygen atoms in total. The third-order valence-corrected chi connectivity index (χ3v) is 3.61. The summed E-state index contributed by atoms with van der Waals surface area (Å²) in [7, 11) is -2.31. The second-order valence-electron chi connectivity index (χ2n) is 4.80. The summed E-state index contributed by atoms with van der Waals surface area (Å²) >= 11 is 0. The fraction of sp³-hybridized carbons (Fsp3) is 0.188. The van der Waals surface area contributed by atoms with Gasteiger partial charge >= 0.3 is 14.6 Å². The molecule has 0 heterocycles. The van der Waals surface area contributed by atoms with Gasteiger partial charge in [0.1, 0.15) is 5.75 Å². The zero-order valence-corrected chi connectivity index (χ0v) is 13.1. The van der Waals surface area contributed by atoms with Crippen molar-refractivity contribution < 1.29 is 18.7 Å². The van der Waals surface area contributed by atoms with E-state index < -0.39 is 14.6 Å². The van der Waals surface area contributed by atoms with Gasteiger partial charge in [-0.2, -0.15) is 0 Å². The molecule has 0 fully saturated rings. The SMILES string of the molecule is Cc1cc(C)c(OP(O)OC(=O)c2ccccc2)c(C)c1. The highest BCUT2D eigenvalue weighted by atomic mass is 31.2. The summed E-state index contributed by atoms with van der Waals surface area (Å²) in [5, 5.41) is 0. The molecule has 0 amide bonds. The number of carbonyl (C=O) groups is 1. The number of benzene rings is 2. The molecular formula is C16H17O4P. The minimum Gasteiger partial charge on any atom is -0.417 e. The fourth-order valence-corrected chi connectivity index (χ4v) is 2.83. The van der Waals surface area contributed by atoms with Crippen molar-refractivity contribution in [2.24, 2.45) is 0 Å². The molecule has 2 aromatic rings. The van der Waals surface area contributed by atoms with E-state index in [1.165, 1.54) is 0 Å². The van der Waals surface area contributed by atoms with Gasteiger partial charge in [0.15, 0.2) is 0 Å². The maximum Gasteiger partial charge on any atom is 0.462 e. The van der Waals surface area contributed by atoms with Crippen molar-refractivity contribution in [3.8, 4) is 5.75 Å². The van der Waals surface area contributed by atoms with Crippen LogP contribution in [0.1, 0.15) is 27.0 Å². The van der Waals surface area contributed by atoms with Crippen molar-refractivity contribution in [2.75, 3.05) is 0 Å². The standard InChI is InChI=1S/C16H17O4P/c1-11-9-12(2)15(13(3)10-11)19-21(18)20-16(17)14-7-5-4-6-8-14/h4-10,18H,1-3H3. The van der Waals surface area contributed by atoms with Gasteiger partial charge in [-0.1, -0.05) is 35.9 Å². The summed E-state index contributed by atoms with van der Waals surface area (Å²) in [6.07, 6.45) is 0. The molecule has 2 rings (SSSR count). The van der Waals surface area contributed by atoms with Crippen molar-refractivity contribution in [1.82, 2.24) is 0 Å².